The Bertz CT molecular complexity index is 794. The first-order chi connectivity index (χ1) is 18.0. The summed E-state index contributed by atoms with van der Waals surface area (Å²) in [5.74, 6) is -0.146. The zero-order valence-electron chi connectivity index (χ0n) is 22.0. The average Bonchev–Trinajstić information content (AvgIpc) is 2.90. The second kappa shape index (κ2) is 21.4. The lowest BCUT2D eigenvalue weighted by atomic mass is 10.0. The van der Waals surface area contributed by atoms with E-state index < -0.39 is 0 Å². The lowest BCUT2D eigenvalue weighted by Gasteiger charge is -2.26. The maximum atomic E-state index is 12.5. The van der Waals surface area contributed by atoms with Crippen LogP contribution in [0.1, 0.15) is 42.1 Å². The fourth-order valence-electron chi connectivity index (χ4n) is 3.36. The molecule has 1 unspecified atom stereocenters. The summed E-state index contributed by atoms with van der Waals surface area (Å²) in [6.45, 7) is 6.90. The maximum absolute atomic E-state index is 12.5. The van der Waals surface area contributed by atoms with E-state index >= 15 is 0 Å². The second-order valence-electron chi connectivity index (χ2n) is 8.46. The van der Waals surface area contributed by atoms with Crippen molar-refractivity contribution in [1.82, 2.24) is 15.5 Å². The normalized spacial score (nSPS) is 11.8. The Morgan fingerprint density at radius 1 is 0.973 bits per heavy atom. The van der Waals surface area contributed by atoms with Crippen molar-refractivity contribution in [1.29, 1.82) is 0 Å². The Labute approximate surface area is 219 Å². The van der Waals surface area contributed by atoms with Gasteiger partial charge in [0.1, 0.15) is 12.6 Å². The molecular weight excluding hydrogens is 480 g/mol. The van der Waals surface area contributed by atoms with Crippen LogP contribution in [0.2, 0.25) is 0 Å². The number of anilines is 1. The van der Waals surface area contributed by atoms with Crippen molar-refractivity contribution in [2.75, 3.05) is 71.6 Å². The third-order valence-corrected chi connectivity index (χ3v) is 5.65. The van der Waals surface area contributed by atoms with Gasteiger partial charge in [0, 0.05) is 61.9 Å². The summed E-state index contributed by atoms with van der Waals surface area (Å²) < 4.78 is 16.1. The lowest BCUT2D eigenvalue weighted by Crippen LogP contribution is -2.30. The Hall–Kier alpha value is -2.70. The van der Waals surface area contributed by atoms with E-state index in [-0.39, 0.29) is 18.4 Å². The molecule has 2 amide bonds. The molecule has 1 aromatic carbocycles. The van der Waals surface area contributed by atoms with Gasteiger partial charge in [0.05, 0.1) is 39.6 Å². The number of nitrogens with one attached hydrogen (secondary N) is 3. The van der Waals surface area contributed by atoms with E-state index in [0.29, 0.717) is 89.9 Å². The zero-order valence-corrected chi connectivity index (χ0v) is 22.0. The number of hydrogen-bond acceptors (Lipinski definition) is 9. The summed E-state index contributed by atoms with van der Waals surface area (Å²) in [6, 6.07) is 5.43. The lowest BCUT2D eigenvalue weighted by molar-refractivity contribution is -0.116. The van der Waals surface area contributed by atoms with Crippen molar-refractivity contribution in [2.24, 2.45) is 0 Å². The van der Waals surface area contributed by atoms with Crippen LogP contribution in [0, 0.1) is 0 Å². The SMILES string of the molecule is CC(CCC=O)N(C)Cc1c(C=O)cccc1NC(=O)CCNCCOCCOCCOCCNC=O. The van der Waals surface area contributed by atoms with Crippen molar-refractivity contribution < 1.29 is 33.4 Å². The molecule has 11 heteroatoms. The van der Waals surface area contributed by atoms with E-state index in [0.717, 1.165) is 24.6 Å². The molecule has 0 aliphatic rings. The van der Waals surface area contributed by atoms with Crippen LogP contribution in [-0.2, 0) is 35.1 Å². The first-order valence-corrected chi connectivity index (χ1v) is 12.6. The third kappa shape index (κ3) is 15.2. The number of benzene rings is 1. The van der Waals surface area contributed by atoms with Gasteiger partial charge in [0.2, 0.25) is 12.3 Å². The highest BCUT2D eigenvalue weighted by molar-refractivity contribution is 5.93. The van der Waals surface area contributed by atoms with Crippen LogP contribution in [-0.4, -0.2) is 102 Å². The molecule has 37 heavy (non-hydrogen) atoms. The highest BCUT2D eigenvalue weighted by atomic mass is 16.5. The molecular formula is C26H42N4O7. The third-order valence-electron chi connectivity index (χ3n) is 5.65. The van der Waals surface area contributed by atoms with Crippen LogP contribution < -0.4 is 16.0 Å². The van der Waals surface area contributed by atoms with Gasteiger partial charge in [0.15, 0.2) is 0 Å². The van der Waals surface area contributed by atoms with Gasteiger partial charge in [0.25, 0.3) is 0 Å². The van der Waals surface area contributed by atoms with E-state index in [4.69, 9.17) is 14.2 Å². The molecule has 0 aromatic heterocycles. The molecule has 0 radical (unpaired) electrons. The van der Waals surface area contributed by atoms with Gasteiger partial charge in [-0.25, -0.2) is 0 Å². The van der Waals surface area contributed by atoms with Gasteiger partial charge in [-0.1, -0.05) is 12.1 Å². The minimum absolute atomic E-state index is 0.146. The maximum Gasteiger partial charge on any atom is 0.225 e. The largest absolute Gasteiger partial charge is 0.378 e. The Kier molecular flexibility index (Phi) is 18.7. The first kappa shape index (κ1) is 32.3. The van der Waals surface area contributed by atoms with E-state index in [2.05, 4.69) is 20.9 Å². The van der Waals surface area contributed by atoms with Gasteiger partial charge in [-0.2, -0.15) is 0 Å². The summed E-state index contributed by atoms with van der Waals surface area (Å²) in [7, 11) is 1.94. The number of aldehydes is 2. The standard InChI is InChI=1S/C26H42N4O7/c1-22(5-4-12-31)30(2)19-24-23(20-32)6-3-7-25(24)29-26(34)8-9-27-10-13-35-15-17-37-18-16-36-14-11-28-21-33/h3,6-7,12,20-22,27H,4-5,8-11,13-19H2,1-2H3,(H,28,33)(H,29,34). The predicted molar refractivity (Wildman–Crippen MR) is 141 cm³/mol. The molecule has 0 bridgehead atoms. The topological polar surface area (TPSA) is 135 Å². The molecule has 1 aromatic rings. The molecule has 1 rings (SSSR count). The fourth-order valence-corrected chi connectivity index (χ4v) is 3.36. The summed E-state index contributed by atoms with van der Waals surface area (Å²) in [5.41, 5.74) is 1.91. The van der Waals surface area contributed by atoms with Crippen molar-refractivity contribution >= 4 is 30.6 Å². The molecule has 0 spiro atoms. The smallest absolute Gasteiger partial charge is 0.225 e. The van der Waals surface area contributed by atoms with Gasteiger partial charge in [-0.3, -0.25) is 19.3 Å². The second-order valence-corrected chi connectivity index (χ2v) is 8.46. The number of carbonyl (C=O) groups excluding carboxylic acids is 4. The first-order valence-electron chi connectivity index (χ1n) is 12.6. The molecule has 0 aliphatic heterocycles. The average molecular weight is 523 g/mol. The number of rotatable bonds is 24. The molecule has 11 nitrogen and oxygen atoms in total. The van der Waals surface area contributed by atoms with Crippen molar-refractivity contribution in [3.63, 3.8) is 0 Å². The van der Waals surface area contributed by atoms with Crippen LogP contribution in [0.25, 0.3) is 0 Å². The number of amides is 2. The zero-order chi connectivity index (χ0) is 27.1. The summed E-state index contributed by atoms with van der Waals surface area (Å²) in [5, 5.41) is 8.61. The van der Waals surface area contributed by atoms with Gasteiger partial charge >= 0.3 is 0 Å². The number of ether oxygens (including phenoxy) is 3. The van der Waals surface area contributed by atoms with Gasteiger partial charge in [-0.05, 0) is 26.5 Å². The van der Waals surface area contributed by atoms with E-state index in [1.807, 2.05) is 14.0 Å². The summed E-state index contributed by atoms with van der Waals surface area (Å²) in [4.78, 5) is 46.9. The van der Waals surface area contributed by atoms with Crippen LogP contribution in [0.3, 0.4) is 0 Å². The molecule has 0 aliphatic carbocycles. The van der Waals surface area contributed by atoms with Crippen LogP contribution in [0.5, 0.6) is 0 Å². The highest BCUT2D eigenvalue weighted by Crippen LogP contribution is 2.22. The monoisotopic (exact) mass is 522 g/mol. The quantitative estimate of drug-likeness (QED) is 0.134. The van der Waals surface area contributed by atoms with Gasteiger partial charge in [-0.15, -0.1) is 0 Å². The van der Waals surface area contributed by atoms with Crippen LogP contribution in [0.15, 0.2) is 18.2 Å². The predicted octanol–water partition coefficient (Wildman–Crippen LogP) is 1.01. The van der Waals surface area contributed by atoms with Gasteiger partial charge < -0.3 is 35.0 Å². The van der Waals surface area contributed by atoms with Crippen molar-refractivity contribution in [2.45, 2.75) is 38.8 Å². The molecule has 3 N–H and O–H groups in total. The minimum Gasteiger partial charge on any atom is -0.378 e. The van der Waals surface area contributed by atoms with E-state index in [9.17, 15) is 19.2 Å². The molecule has 1 atom stereocenters. The van der Waals surface area contributed by atoms with E-state index in [1.165, 1.54) is 0 Å². The Balaban J connectivity index is 2.24. The summed E-state index contributed by atoms with van der Waals surface area (Å²) in [6.07, 6.45) is 3.82. The highest BCUT2D eigenvalue weighted by Gasteiger charge is 2.16. The van der Waals surface area contributed by atoms with Crippen LogP contribution in [0.4, 0.5) is 5.69 Å². The Morgan fingerprint density at radius 2 is 1.65 bits per heavy atom. The fraction of sp³-hybridized carbons (Fsp3) is 0.615. The number of nitrogens with zero attached hydrogens (tertiary/aromatic N) is 1. The molecule has 0 saturated heterocycles. The molecule has 0 saturated carbocycles. The van der Waals surface area contributed by atoms with Crippen LogP contribution >= 0.6 is 0 Å². The Morgan fingerprint density at radius 3 is 2.30 bits per heavy atom. The van der Waals surface area contributed by atoms with Crippen molar-refractivity contribution in [3.8, 4) is 0 Å². The number of carbonyl (C=O) groups is 4. The summed E-state index contributed by atoms with van der Waals surface area (Å²) >= 11 is 0. The molecule has 0 heterocycles. The molecule has 0 fully saturated rings. The van der Waals surface area contributed by atoms with Crippen molar-refractivity contribution in [3.05, 3.63) is 29.3 Å². The number of hydrogen-bond donors (Lipinski definition) is 3. The van der Waals surface area contributed by atoms with E-state index in [1.54, 1.807) is 18.2 Å². The molecule has 208 valence electrons. The minimum atomic E-state index is -0.146.